The third-order valence-electron chi connectivity index (χ3n) is 6.31. The Morgan fingerprint density at radius 2 is 2.00 bits per heavy atom. The number of hydrogen-bond donors (Lipinski definition) is 1. The van der Waals surface area contributed by atoms with E-state index < -0.39 is 0 Å². The highest BCUT2D eigenvalue weighted by Gasteiger charge is 2.41. The monoisotopic (exact) mass is 499 g/mol. The zero-order valence-electron chi connectivity index (χ0n) is 17.0. The van der Waals surface area contributed by atoms with Crippen LogP contribution in [0.25, 0.3) is 0 Å². The summed E-state index contributed by atoms with van der Waals surface area (Å²) in [6, 6.07) is 4.18. The molecule has 3 heterocycles. The van der Waals surface area contributed by atoms with Crippen molar-refractivity contribution in [3.63, 3.8) is 0 Å². The van der Waals surface area contributed by atoms with Gasteiger partial charge in [-0.25, -0.2) is 9.98 Å². The van der Waals surface area contributed by atoms with E-state index in [1.807, 2.05) is 12.3 Å². The fourth-order valence-corrected chi connectivity index (χ4v) is 4.85. The highest BCUT2D eigenvalue weighted by Crippen LogP contribution is 2.45. The van der Waals surface area contributed by atoms with Crippen molar-refractivity contribution in [2.45, 2.75) is 45.6 Å². The van der Waals surface area contributed by atoms with Gasteiger partial charge < -0.3 is 19.9 Å². The average Bonchev–Trinajstić information content (AvgIpc) is 3.36. The van der Waals surface area contributed by atoms with Gasteiger partial charge in [0.25, 0.3) is 0 Å². The predicted octanol–water partition coefficient (Wildman–Crippen LogP) is 3.27. The molecule has 3 fully saturated rings. The number of likely N-dealkylation sites (tertiary alicyclic amines) is 1. The Morgan fingerprint density at radius 1 is 1.21 bits per heavy atom. The largest absolute Gasteiger partial charge is 0.378 e. The number of morpholine rings is 1. The molecule has 3 aliphatic rings. The number of aromatic nitrogens is 1. The molecule has 0 unspecified atom stereocenters. The van der Waals surface area contributed by atoms with Crippen LogP contribution in [0.4, 0.5) is 5.82 Å². The van der Waals surface area contributed by atoms with Gasteiger partial charge in [-0.2, -0.15) is 0 Å². The topological polar surface area (TPSA) is 53.0 Å². The fraction of sp³-hybridized carbons (Fsp3) is 0.714. The van der Waals surface area contributed by atoms with E-state index in [0.717, 1.165) is 51.2 Å². The Morgan fingerprint density at radius 3 is 2.75 bits per heavy atom. The maximum atomic E-state index is 5.49. The number of pyridine rings is 1. The molecule has 1 aliphatic carbocycles. The third kappa shape index (κ3) is 4.90. The molecule has 7 heteroatoms. The molecule has 156 valence electrons. The van der Waals surface area contributed by atoms with Gasteiger partial charge in [0, 0.05) is 44.5 Å². The van der Waals surface area contributed by atoms with Crippen LogP contribution in [0.15, 0.2) is 23.3 Å². The third-order valence-corrected chi connectivity index (χ3v) is 6.31. The second-order valence-electron chi connectivity index (χ2n) is 8.13. The molecule has 1 aromatic heterocycles. The van der Waals surface area contributed by atoms with Crippen LogP contribution in [0.2, 0.25) is 0 Å². The van der Waals surface area contributed by atoms with E-state index in [1.54, 1.807) is 0 Å². The van der Waals surface area contributed by atoms with Gasteiger partial charge in [0.2, 0.25) is 0 Å². The summed E-state index contributed by atoms with van der Waals surface area (Å²) >= 11 is 0. The lowest BCUT2D eigenvalue weighted by atomic mass is 9.86. The first-order chi connectivity index (χ1) is 13.3. The van der Waals surface area contributed by atoms with Crippen LogP contribution in [0, 0.1) is 5.41 Å². The Hall–Kier alpha value is -1.09. The molecule has 0 atom stereocenters. The Bertz CT molecular complexity index is 656. The standard InChI is InChI=1S/C21H33N5O.HI/c1-2-22-20(26-11-9-21(17-26)7-3-4-8-21)24-16-18-6-5-10-23-19(18)25-12-14-27-15-13-25;/h5-6,10H,2-4,7-9,11-17H2,1H3,(H,22,24);1H. The number of anilines is 1. The van der Waals surface area contributed by atoms with Crippen molar-refractivity contribution in [2.75, 3.05) is 50.8 Å². The molecule has 0 radical (unpaired) electrons. The van der Waals surface area contributed by atoms with Gasteiger partial charge >= 0.3 is 0 Å². The summed E-state index contributed by atoms with van der Waals surface area (Å²) in [6.07, 6.45) is 8.80. The Balaban J connectivity index is 0.00000225. The summed E-state index contributed by atoms with van der Waals surface area (Å²) in [7, 11) is 0. The summed E-state index contributed by atoms with van der Waals surface area (Å²) in [5, 5.41) is 3.52. The first-order valence-electron chi connectivity index (χ1n) is 10.6. The van der Waals surface area contributed by atoms with Crippen molar-refractivity contribution >= 4 is 35.8 Å². The Labute approximate surface area is 186 Å². The summed E-state index contributed by atoms with van der Waals surface area (Å²) < 4.78 is 5.49. The van der Waals surface area contributed by atoms with Gasteiger partial charge in [-0.15, -0.1) is 24.0 Å². The zero-order valence-corrected chi connectivity index (χ0v) is 19.4. The summed E-state index contributed by atoms with van der Waals surface area (Å²) in [6.45, 7) is 9.40. The lowest BCUT2D eigenvalue weighted by Crippen LogP contribution is -2.41. The van der Waals surface area contributed by atoms with E-state index in [1.165, 1.54) is 44.2 Å². The van der Waals surface area contributed by atoms with Gasteiger partial charge in [-0.3, -0.25) is 0 Å². The number of halogens is 1. The average molecular weight is 499 g/mol. The van der Waals surface area contributed by atoms with Crippen LogP contribution >= 0.6 is 24.0 Å². The van der Waals surface area contributed by atoms with Crippen molar-refractivity contribution in [2.24, 2.45) is 10.4 Å². The Kier molecular flexibility index (Phi) is 7.79. The number of guanidine groups is 1. The number of aliphatic imine (C=N–C) groups is 1. The van der Waals surface area contributed by atoms with E-state index in [9.17, 15) is 0 Å². The van der Waals surface area contributed by atoms with E-state index >= 15 is 0 Å². The fourth-order valence-electron chi connectivity index (χ4n) is 4.85. The number of nitrogens with one attached hydrogen (secondary N) is 1. The molecule has 0 amide bonds. The van der Waals surface area contributed by atoms with Crippen molar-refractivity contribution in [3.05, 3.63) is 23.9 Å². The maximum absolute atomic E-state index is 5.49. The van der Waals surface area contributed by atoms with Gasteiger partial charge in [0.15, 0.2) is 5.96 Å². The number of nitrogens with zero attached hydrogens (tertiary/aromatic N) is 4. The SMILES string of the molecule is CCNC(=NCc1cccnc1N1CCOCC1)N1CCC2(CCCC2)C1.I. The molecule has 2 saturated heterocycles. The molecule has 1 saturated carbocycles. The van der Waals surface area contributed by atoms with E-state index in [4.69, 9.17) is 9.73 Å². The first-order valence-corrected chi connectivity index (χ1v) is 10.6. The van der Waals surface area contributed by atoms with Crippen LogP contribution in [-0.2, 0) is 11.3 Å². The number of ether oxygens (including phenoxy) is 1. The van der Waals surface area contributed by atoms with Crippen molar-refractivity contribution in [1.29, 1.82) is 0 Å². The van der Waals surface area contributed by atoms with E-state index in [-0.39, 0.29) is 24.0 Å². The molecule has 4 rings (SSSR count). The lowest BCUT2D eigenvalue weighted by Gasteiger charge is -2.29. The second-order valence-corrected chi connectivity index (χ2v) is 8.13. The summed E-state index contributed by atoms with van der Waals surface area (Å²) in [5.41, 5.74) is 1.76. The molecule has 1 spiro atoms. The number of rotatable bonds is 4. The van der Waals surface area contributed by atoms with Crippen molar-refractivity contribution < 1.29 is 4.74 Å². The van der Waals surface area contributed by atoms with Crippen LogP contribution in [0.5, 0.6) is 0 Å². The molecule has 28 heavy (non-hydrogen) atoms. The van der Waals surface area contributed by atoms with Gasteiger partial charge in [-0.1, -0.05) is 18.9 Å². The smallest absolute Gasteiger partial charge is 0.194 e. The maximum Gasteiger partial charge on any atom is 0.194 e. The minimum absolute atomic E-state index is 0. The predicted molar refractivity (Wildman–Crippen MR) is 125 cm³/mol. The van der Waals surface area contributed by atoms with Crippen LogP contribution in [-0.4, -0.2) is 61.8 Å². The first kappa shape index (κ1) is 21.6. The molecule has 1 aromatic rings. The van der Waals surface area contributed by atoms with Crippen LogP contribution < -0.4 is 10.2 Å². The molecule has 0 aromatic carbocycles. The number of hydrogen-bond acceptors (Lipinski definition) is 4. The lowest BCUT2D eigenvalue weighted by molar-refractivity contribution is 0.122. The highest BCUT2D eigenvalue weighted by atomic mass is 127. The molecule has 0 bridgehead atoms. The van der Waals surface area contributed by atoms with E-state index in [0.29, 0.717) is 12.0 Å². The highest BCUT2D eigenvalue weighted by molar-refractivity contribution is 14.0. The minimum Gasteiger partial charge on any atom is -0.378 e. The summed E-state index contributed by atoms with van der Waals surface area (Å²) in [5.74, 6) is 2.13. The second kappa shape index (κ2) is 10.1. The van der Waals surface area contributed by atoms with E-state index in [2.05, 4.69) is 33.1 Å². The molecule has 6 nitrogen and oxygen atoms in total. The summed E-state index contributed by atoms with van der Waals surface area (Å²) in [4.78, 5) is 14.5. The van der Waals surface area contributed by atoms with Gasteiger partial charge in [0.1, 0.15) is 5.82 Å². The molecule has 1 N–H and O–H groups in total. The van der Waals surface area contributed by atoms with Gasteiger partial charge in [-0.05, 0) is 37.7 Å². The quantitative estimate of drug-likeness (QED) is 0.392. The zero-order chi connectivity index (χ0) is 18.5. The van der Waals surface area contributed by atoms with Crippen LogP contribution in [0.3, 0.4) is 0 Å². The minimum atomic E-state index is 0. The normalized spacial score (nSPS) is 21.8. The molecular weight excluding hydrogens is 465 g/mol. The molecular formula is C21H34IN5O. The van der Waals surface area contributed by atoms with Gasteiger partial charge in [0.05, 0.1) is 19.8 Å². The van der Waals surface area contributed by atoms with Crippen molar-refractivity contribution in [1.82, 2.24) is 15.2 Å². The van der Waals surface area contributed by atoms with Crippen molar-refractivity contribution in [3.8, 4) is 0 Å². The molecule has 2 aliphatic heterocycles. The van der Waals surface area contributed by atoms with Crippen LogP contribution in [0.1, 0.15) is 44.6 Å².